The second-order valence-electron chi connectivity index (χ2n) is 2.85. The van der Waals surface area contributed by atoms with Gasteiger partial charge in [0.05, 0.1) is 6.61 Å². The Kier molecular flexibility index (Phi) is 4.66. The summed E-state index contributed by atoms with van der Waals surface area (Å²) in [6, 6.07) is 0. The highest BCUT2D eigenvalue weighted by atomic mass is 16.8. The first-order chi connectivity index (χ1) is 6.27. The van der Waals surface area contributed by atoms with Crippen molar-refractivity contribution < 1.29 is 18.9 Å². The molecular formula is C9H18O4. The molecule has 0 amide bonds. The van der Waals surface area contributed by atoms with E-state index in [1.54, 1.807) is 0 Å². The maximum Gasteiger partial charge on any atom is 0.186 e. The molecular weight excluding hydrogens is 172 g/mol. The van der Waals surface area contributed by atoms with Crippen molar-refractivity contribution in [2.24, 2.45) is 0 Å². The van der Waals surface area contributed by atoms with Crippen LogP contribution in [0.25, 0.3) is 0 Å². The molecule has 0 spiro atoms. The van der Waals surface area contributed by atoms with Crippen molar-refractivity contribution in [1.29, 1.82) is 0 Å². The minimum Gasteiger partial charge on any atom is -0.350 e. The summed E-state index contributed by atoms with van der Waals surface area (Å²) >= 11 is 0. The second kappa shape index (κ2) is 5.54. The van der Waals surface area contributed by atoms with Crippen LogP contribution in [0.4, 0.5) is 0 Å². The molecule has 13 heavy (non-hydrogen) atoms. The minimum atomic E-state index is -0.292. The van der Waals surface area contributed by atoms with Gasteiger partial charge in [-0.15, -0.1) is 0 Å². The van der Waals surface area contributed by atoms with Gasteiger partial charge in [0.25, 0.3) is 0 Å². The second-order valence-corrected chi connectivity index (χ2v) is 2.85. The van der Waals surface area contributed by atoms with Gasteiger partial charge in [-0.3, -0.25) is 0 Å². The molecule has 78 valence electrons. The summed E-state index contributed by atoms with van der Waals surface area (Å²) in [6.07, 6.45) is -0.525. The fraction of sp³-hybridized carbons (Fsp3) is 1.00. The lowest BCUT2D eigenvalue weighted by Crippen LogP contribution is -2.34. The average molecular weight is 190 g/mol. The van der Waals surface area contributed by atoms with Crippen molar-refractivity contribution in [3.63, 3.8) is 0 Å². The Morgan fingerprint density at radius 1 is 1.31 bits per heavy atom. The lowest BCUT2D eigenvalue weighted by Gasteiger charge is -2.21. The van der Waals surface area contributed by atoms with E-state index < -0.39 is 0 Å². The molecule has 0 aromatic carbocycles. The molecule has 0 aliphatic carbocycles. The number of hydrogen-bond donors (Lipinski definition) is 0. The van der Waals surface area contributed by atoms with Gasteiger partial charge in [0.1, 0.15) is 6.10 Å². The number of rotatable bonds is 5. The van der Waals surface area contributed by atoms with Crippen LogP contribution in [0.5, 0.6) is 0 Å². The van der Waals surface area contributed by atoms with Gasteiger partial charge in [-0.25, -0.2) is 0 Å². The molecule has 1 aliphatic heterocycles. The predicted octanol–water partition coefficient (Wildman–Crippen LogP) is 1.15. The lowest BCUT2D eigenvalue weighted by molar-refractivity contribution is -0.196. The standard InChI is InChI=1S/C9H18O4/c1-4-10-9(11-5-2)8-6-12-7(3)13-8/h7-9H,4-6H2,1-3H3. The molecule has 2 atom stereocenters. The Labute approximate surface area is 79.1 Å². The first kappa shape index (κ1) is 10.9. The summed E-state index contributed by atoms with van der Waals surface area (Å²) in [6.45, 7) is 7.54. The topological polar surface area (TPSA) is 36.9 Å². The largest absolute Gasteiger partial charge is 0.350 e. The van der Waals surface area contributed by atoms with Gasteiger partial charge in [0.2, 0.25) is 0 Å². The Hall–Kier alpha value is -0.160. The van der Waals surface area contributed by atoms with Crippen molar-refractivity contribution in [2.75, 3.05) is 19.8 Å². The normalized spacial score (nSPS) is 28.6. The molecule has 1 heterocycles. The fourth-order valence-corrected chi connectivity index (χ4v) is 1.29. The zero-order chi connectivity index (χ0) is 9.68. The van der Waals surface area contributed by atoms with E-state index in [0.717, 1.165) is 0 Å². The molecule has 0 aromatic heterocycles. The monoisotopic (exact) mass is 190 g/mol. The maximum atomic E-state index is 5.46. The molecule has 1 rings (SSSR count). The third kappa shape index (κ3) is 3.23. The Morgan fingerprint density at radius 3 is 2.31 bits per heavy atom. The molecule has 1 saturated heterocycles. The summed E-state index contributed by atoms with van der Waals surface area (Å²) in [4.78, 5) is 0. The molecule has 0 saturated carbocycles. The average Bonchev–Trinajstić information content (AvgIpc) is 2.51. The van der Waals surface area contributed by atoms with E-state index in [1.165, 1.54) is 0 Å². The molecule has 0 bridgehead atoms. The highest BCUT2D eigenvalue weighted by Gasteiger charge is 2.31. The van der Waals surface area contributed by atoms with Crippen molar-refractivity contribution in [3.8, 4) is 0 Å². The van der Waals surface area contributed by atoms with Crippen molar-refractivity contribution in [1.82, 2.24) is 0 Å². The Balaban J connectivity index is 2.35. The molecule has 2 unspecified atom stereocenters. The van der Waals surface area contributed by atoms with E-state index in [2.05, 4.69) is 0 Å². The summed E-state index contributed by atoms with van der Waals surface area (Å²) in [7, 11) is 0. The van der Waals surface area contributed by atoms with Crippen LogP contribution in [0.1, 0.15) is 20.8 Å². The zero-order valence-electron chi connectivity index (χ0n) is 8.49. The molecule has 4 heteroatoms. The quantitative estimate of drug-likeness (QED) is 0.609. The van der Waals surface area contributed by atoms with Crippen LogP contribution in [0, 0.1) is 0 Å². The van der Waals surface area contributed by atoms with Crippen molar-refractivity contribution in [3.05, 3.63) is 0 Å². The smallest absolute Gasteiger partial charge is 0.186 e. The first-order valence-electron chi connectivity index (χ1n) is 4.78. The Morgan fingerprint density at radius 2 is 1.92 bits per heavy atom. The third-order valence-corrected chi connectivity index (χ3v) is 1.83. The van der Waals surface area contributed by atoms with E-state index in [1.807, 2.05) is 20.8 Å². The van der Waals surface area contributed by atoms with Crippen LogP contribution in [0.2, 0.25) is 0 Å². The van der Waals surface area contributed by atoms with Crippen LogP contribution in [-0.4, -0.2) is 38.5 Å². The van der Waals surface area contributed by atoms with E-state index in [9.17, 15) is 0 Å². The van der Waals surface area contributed by atoms with E-state index in [4.69, 9.17) is 18.9 Å². The first-order valence-corrected chi connectivity index (χ1v) is 4.78. The van der Waals surface area contributed by atoms with Gasteiger partial charge in [-0.05, 0) is 20.8 Å². The van der Waals surface area contributed by atoms with Crippen LogP contribution < -0.4 is 0 Å². The molecule has 0 radical (unpaired) electrons. The van der Waals surface area contributed by atoms with Gasteiger partial charge in [-0.2, -0.15) is 0 Å². The van der Waals surface area contributed by atoms with Crippen LogP contribution >= 0.6 is 0 Å². The summed E-state index contributed by atoms with van der Waals surface area (Å²) < 4.78 is 21.5. The highest BCUT2D eigenvalue weighted by Crippen LogP contribution is 2.16. The third-order valence-electron chi connectivity index (χ3n) is 1.83. The van der Waals surface area contributed by atoms with Crippen LogP contribution in [0.15, 0.2) is 0 Å². The molecule has 1 fully saturated rings. The van der Waals surface area contributed by atoms with Gasteiger partial charge in [0.15, 0.2) is 12.6 Å². The molecule has 4 nitrogen and oxygen atoms in total. The van der Waals surface area contributed by atoms with Crippen LogP contribution in [0.3, 0.4) is 0 Å². The van der Waals surface area contributed by atoms with Gasteiger partial charge >= 0.3 is 0 Å². The summed E-state index contributed by atoms with van der Waals surface area (Å²) in [5, 5.41) is 0. The highest BCUT2D eigenvalue weighted by molar-refractivity contribution is 4.67. The predicted molar refractivity (Wildman–Crippen MR) is 47.3 cm³/mol. The minimum absolute atomic E-state index is 0.0881. The molecule has 0 aromatic rings. The lowest BCUT2D eigenvalue weighted by atomic mass is 10.3. The Bertz CT molecular complexity index is 134. The van der Waals surface area contributed by atoms with E-state index in [0.29, 0.717) is 19.8 Å². The van der Waals surface area contributed by atoms with E-state index >= 15 is 0 Å². The number of hydrogen-bond acceptors (Lipinski definition) is 4. The van der Waals surface area contributed by atoms with Crippen molar-refractivity contribution >= 4 is 0 Å². The zero-order valence-corrected chi connectivity index (χ0v) is 8.49. The van der Waals surface area contributed by atoms with E-state index in [-0.39, 0.29) is 18.7 Å². The SMILES string of the molecule is CCOC(OCC)C1COC(C)O1. The molecule has 1 aliphatic rings. The summed E-state index contributed by atoms with van der Waals surface area (Å²) in [5.41, 5.74) is 0. The van der Waals surface area contributed by atoms with Gasteiger partial charge in [0, 0.05) is 13.2 Å². The summed E-state index contributed by atoms with van der Waals surface area (Å²) in [5.74, 6) is 0. The maximum absolute atomic E-state index is 5.46. The van der Waals surface area contributed by atoms with Gasteiger partial charge < -0.3 is 18.9 Å². The van der Waals surface area contributed by atoms with Gasteiger partial charge in [-0.1, -0.05) is 0 Å². The van der Waals surface area contributed by atoms with Crippen LogP contribution in [-0.2, 0) is 18.9 Å². The molecule has 0 N–H and O–H groups in total. The van der Waals surface area contributed by atoms with Crippen molar-refractivity contribution in [2.45, 2.75) is 39.5 Å². The number of ether oxygens (including phenoxy) is 4. The fourth-order valence-electron chi connectivity index (χ4n) is 1.29.